The summed E-state index contributed by atoms with van der Waals surface area (Å²) in [6.07, 6.45) is 5.81. The fourth-order valence-corrected chi connectivity index (χ4v) is 3.88. The second-order valence-corrected chi connectivity index (χ2v) is 6.43. The predicted molar refractivity (Wildman–Crippen MR) is 81.1 cm³/mol. The van der Waals surface area contributed by atoms with E-state index < -0.39 is 5.82 Å². The third kappa shape index (κ3) is 2.18. The fraction of sp³-hybridized carbons (Fsp3) is 0.500. The summed E-state index contributed by atoms with van der Waals surface area (Å²) in [5.74, 6) is -0.568. The fourth-order valence-electron chi connectivity index (χ4n) is 3.88. The Morgan fingerprint density at radius 1 is 1.32 bits per heavy atom. The molecule has 2 atom stereocenters. The minimum Gasteiger partial charge on any atom is -0.344 e. The maximum absolute atomic E-state index is 13.7. The molecule has 6 heteroatoms. The van der Waals surface area contributed by atoms with Crippen LogP contribution in [-0.4, -0.2) is 45.9 Å². The van der Waals surface area contributed by atoms with Crippen LogP contribution in [0, 0.1) is 5.82 Å². The Balaban J connectivity index is 1.63. The molecule has 22 heavy (non-hydrogen) atoms. The highest BCUT2D eigenvalue weighted by atomic mass is 19.1. The number of aromatic nitrogens is 2. The molecule has 2 N–H and O–H groups in total. The molecule has 0 spiro atoms. The van der Waals surface area contributed by atoms with Crippen molar-refractivity contribution in [3.63, 3.8) is 0 Å². The first-order chi connectivity index (χ1) is 10.6. The maximum atomic E-state index is 13.7. The number of amides is 1. The van der Waals surface area contributed by atoms with Crippen LogP contribution in [0.1, 0.15) is 36.0 Å². The average Bonchev–Trinajstić information content (AvgIpc) is 3.10. The Labute approximate surface area is 127 Å². The van der Waals surface area contributed by atoms with Gasteiger partial charge in [-0.2, -0.15) is 0 Å². The second kappa shape index (κ2) is 5.05. The van der Waals surface area contributed by atoms with Crippen LogP contribution in [-0.2, 0) is 0 Å². The zero-order chi connectivity index (χ0) is 15.3. The van der Waals surface area contributed by atoms with Crippen molar-refractivity contribution in [2.75, 3.05) is 7.05 Å². The summed E-state index contributed by atoms with van der Waals surface area (Å²) < 4.78 is 13.7. The summed E-state index contributed by atoms with van der Waals surface area (Å²) in [6, 6.07) is 3.89. The molecular formula is C16H19FN4O. The van der Waals surface area contributed by atoms with Crippen LogP contribution in [0.2, 0.25) is 0 Å². The number of nitrogens with zero attached hydrogens (tertiary/aromatic N) is 2. The van der Waals surface area contributed by atoms with Crippen LogP contribution >= 0.6 is 0 Å². The quantitative estimate of drug-likeness (QED) is 0.892. The maximum Gasteiger partial charge on any atom is 0.256 e. The molecule has 5 nitrogen and oxygen atoms in total. The summed E-state index contributed by atoms with van der Waals surface area (Å²) in [7, 11) is 1.82. The Hall–Kier alpha value is -1.95. The van der Waals surface area contributed by atoms with Gasteiger partial charge in [-0.05, 0) is 37.8 Å². The lowest BCUT2D eigenvalue weighted by Crippen LogP contribution is -2.48. The van der Waals surface area contributed by atoms with Crippen molar-refractivity contribution < 1.29 is 9.18 Å². The smallest absolute Gasteiger partial charge is 0.256 e. The van der Waals surface area contributed by atoms with E-state index in [4.69, 9.17) is 0 Å². The van der Waals surface area contributed by atoms with E-state index in [2.05, 4.69) is 15.3 Å². The number of nitrogens with one attached hydrogen (secondary N) is 2. The lowest BCUT2D eigenvalue weighted by Gasteiger charge is -2.35. The van der Waals surface area contributed by atoms with Gasteiger partial charge in [-0.25, -0.2) is 9.37 Å². The number of carbonyl (C=O) groups is 1. The minimum atomic E-state index is -0.418. The van der Waals surface area contributed by atoms with Crippen LogP contribution in [0.5, 0.6) is 0 Å². The summed E-state index contributed by atoms with van der Waals surface area (Å²) in [5.41, 5.74) is 1.43. The highest BCUT2D eigenvalue weighted by molar-refractivity contribution is 6.04. The van der Waals surface area contributed by atoms with E-state index in [0.29, 0.717) is 28.7 Å². The molecule has 2 fully saturated rings. The number of carbonyl (C=O) groups excluding carboxylic acids is 1. The minimum absolute atomic E-state index is 0.150. The van der Waals surface area contributed by atoms with E-state index in [1.165, 1.54) is 31.3 Å². The molecule has 0 radical (unpaired) electrons. The highest BCUT2D eigenvalue weighted by Gasteiger charge is 2.36. The van der Waals surface area contributed by atoms with Gasteiger partial charge < -0.3 is 15.2 Å². The van der Waals surface area contributed by atoms with Gasteiger partial charge in [-0.15, -0.1) is 0 Å². The van der Waals surface area contributed by atoms with Gasteiger partial charge >= 0.3 is 0 Å². The van der Waals surface area contributed by atoms with Gasteiger partial charge in [-0.1, -0.05) is 0 Å². The molecule has 2 aromatic rings. The molecule has 3 heterocycles. The average molecular weight is 302 g/mol. The second-order valence-electron chi connectivity index (χ2n) is 6.43. The van der Waals surface area contributed by atoms with Crippen molar-refractivity contribution >= 4 is 16.9 Å². The standard InChI is InChI=1S/C16H19FN4O/c1-21(12-6-10-2-3-11(7-12)20-10)16(22)13-4-9(17)5-14-15(13)19-8-18-14/h4-5,8,10-12,20H,2-3,6-7H2,1H3,(H,18,19). The largest absolute Gasteiger partial charge is 0.344 e. The van der Waals surface area contributed by atoms with E-state index in [9.17, 15) is 9.18 Å². The highest BCUT2D eigenvalue weighted by Crippen LogP contribution is 2.30. The summed E-state index contributed by atoms with van der Waals surface area (Å²) in [4.78, 5) is 21.6. The number of H-pyrrole nitrogens is 1. The Bertz CT molecular complexity index is 716. The van der Waals surface area contributed by atoms with E-state index in [1.807, 2.05) is 7.05 Å². The third-order valence-corrected chi connectivity index (χ3v) is 5.04. The number of halogens is 1. The number of hydrogen-bond acceptors (Lipinski definition) is 3. The molecule has 2 bridgehead atoms. The monoisotopic (exact) mass is 302 g/mol. The lowest BCUT2D eigenvalue weighted by molar-refractivity contribution is 0.0683. The van der Waals surface area contributed by atoms with Gasteiger partial charge in [0, 0.05) is 25.2 Å². The van der Waals surface area contributed by atoms with Crippen LogP contribution in [0.4, 0.5) is 4.39 Å². The number of aromatic amines is 1. The first-order valence-corrected chi connectivity index (χ1v) is 7.77. The molecule has 2 aliphatic rings. The van der Waals surface area contributed by atoms with E-state index >= 15 is 0 Å². The number of benzene rings is 1. The van der Waals surface area contributed by atoms with Gasteiger partial charge in [0.15, 0.2) is 0 Å². The van der Waals surface area contributed by atoms with Crippen LogP contribution in [0.3, 0.4) is 0 Å². The molecule has 0 aliphatic carbocycles. The predicted octanol–water partition coefficient (Wildman–Crippen LogP) is 2.06. The van der Waals surface area contributed by atoms with Gasteiger partial charge in [0.05, 0.1) is 17.4 Å². The Morgan fingerprint density at radius 2 is 2.05 bits per heavy atom. The topological polar surface area (TPSA) is 61.0 Å². The lowest BCUT2D eigenvalue weighted by atomic mass is 9.97. The number of imidazole rings is 1. The number of fused-ring (bicyclic) bond motifs is 3. The summed E-state index contributed by atoms with van der Waals surface area (Å²) >= 11 is 0. The number of hydrogen-bond donors (Lipinski definition) is 2. The molecule has 4 rings (SSSR count). The number of piperidine rings is 1. The third-order valence-electron chi connectivity index (χ3n) is 5.04. The molecule has 116 valence electrons. The molecule has 2 aliphatic heterocycles. The summed E-state index contributed by atoms with van der Waals surface area (Å²) in [5, 5.41) is 3.57. The van der Waals surface area contributed by atoms with Crippen molar-refractivity contribution in [1.82, 2.24) is 20.2 Å². The van der Waals surface area contributed by atoms with Crippen molar-refractivity contribution in [3.8, 4) is 0 Å². The Kier molecular flexibility index (Phi) is 3.14. The summed E-state index contributed by atoms with van der Waals surface area (Å²) in [6.45, 7) is 0. The molecule has 2 saturated heterocycles. The molecule has 2 unspecified atom stereocenters. The van der Waals surface area contributed by atoms with Crippen LogP contribution < -0.4 is 5.32 Å². The van der Waals surface area contributed by atoms with Crippen LogP contribution in [0.15, 0.2) is 18.5 Å². The zero-order valence-corrected chi connectivity index (χ0v) is 12.5. The SMILES string of the molecule is CN(C(=O)c1cc(F)cc2[nH]cnc12)C1CC2CCC(C1)N2. The molecular weight excluding hydrogens is 283 g/mol. The van der Waals surface area contributed by atoms with Crippen molar-refractivity contribution in [1.29, 1.82) is 0 Å². The molecule has 1 aromatic carbocycles. The molecule has 1 aromatic heterocycles. The first-order valence-electron chi connectivity index (χ1n) is 7.77. The van der Waals surface area contributed by atoms with Gasteiger partial charge in [0.1, 0.15) is 11.3 Å². The normalized spacial score (nSPS) is 27.3. The Morgan fingerprint density at radius 3 is 2.77 bits per heavy atom. The molecule has 1 amide bonds. The van der Waals surface area contributed by atoms with Crippen molar-refractivity contribution in [3.05, 3.63) is 29.8 Å². The number of rotatable bonds is 2. The van der Waals surface area contributed by atoms with Gasteiger partial charge in [-0.3, -0.25) is 4.79 Å². The van der Waals surface area contributed by atoms with Crippen molar-refractivity contribution in [2.24, 2.45) is 0 Å². The van der Waals surface area contributed by atoms with E-state index in [1.54, 1.807) is 4.90 Å². The van der Waals surface area contributed by atoms with Crippen LogP contribution in [0.25, 0.3) is 11.0 Å². The van der Waals surface area contributed by atoms with Gasteiger partial charge in [0.2, 0.25) is 0 Å². The van der Waals surface area contributed by atoms with E-state index in [-0.39, 0.29) is 11.9 Å². The zero-order valence-electron chi connectivity index (χ0n) is 12.5. The first kappa shape index (κ1) is 13.7. The van der Waals surface area contributed by atoms with Crippen molar-refractivity contribution in [2.45, 2.75) is 43.8 Å². The van der Waals surface area contributed by atoms with E-state index in [0.717, 1.165) is 12.8 Å². The molecule has 0 saturated carbocycles. The van der Waals surface area contributed by atoms with Gasteiger partial charge in [0.25, 0.3) is 5.91 Å².